The maximum Gasteiger partial charge on any atom is 0.172 e. The van der Waals surface area contributed by atoms with E-state index in [1.54, 1.807) is 20.8 Å². The van der Waals surface area contributed by atoms with Crippen molar-refractivity contribution in [2.45, 2.75) is 74.9 Å². The summed E-state index contributed by atoms with van der Waals surface area (Å²) in [6, 6.07) is 10.8. The van der Waals surface area contributed by atoms with Crippen LogP contribution in [-0.2, 0) is 13.9 Å². The minimum absolute atomic E-state index is 0.426. The second kappa shape index (κ2) is 17.9. The van der Waals surface area contributed by atoms with E-state index in [2.05, 4.69) is 83.0 Å². The molecule has 0 saturated heterocycles. The number of allylic oxidation sites excluding steroid dienone is 1. The van der Waals surface area contributed by atoms with Crippen molar-refractivity contribution in [1.82, 2.24) is 4.48 Å². The fourth-order valence-corrected chi connectivity index (χ4v) is 4.01. The number of phosphoric acid groups is 1. The quantitative estimate of drug-likeness (QED) is 0.328. The summed E-state index contributed by atoms with van der Waals surface area (Å²) in [6.07, 6.45) is -2.23. The number of phosphoric ester groups is 1. The molecule has 0 amide bonds. The molecule has 1 atom stereocenters. The second-order valence-corrected chi connectivity index (χ2v) is 10.8. The highest BCUT2D eigenvalue weighted by molar-refractivity contribution is 7.43. The van der Waals surface area contributed by atoms with Crippen LogP contribution in [0, 0.1) is 5.41 Å². The molecule has 0 aliphatic heterocycles. The molecule has 9 heteroatoms. The first-order valence-corrected chi connectivity index (χ1v) is 14.3. The Kier molecular flexibility index (Phi) is 18.3. The molecule has 1 aromatic rings. The summed E-state index contributed by atoms with van der Waals surface area (Å²) in [5.74, 6) is -0.641. The van der Waals surface area contributed by atoms with Gasteiger partial charge in [-0.15, -0.1) is 0 Å². The number of nitrogens with zero attached hydrogens (tertiary/aromatic N) is 1. The largest absolute Gasteiger partial charge is 0.790 e. The summed E-state index contributed by atoms with van der Waals surface area (Å²) in [5, 5.41) is 0. The molecular formula is C27H50FN2O5P. The van der Waals surface area contributed by atoms with Crippen LogP contribution in [-0.4, -0.2) is 51.3 Å². The molecule has 210 valence electrons. The number of alkyl halides is 1. The molecule has 7 nitrogen and oxygen atoms in total. The van der Waals surface area contributed by atoms with Crippen LogP contribution in [0.15, 0.2) is 42.6 Å². The number of para-hydroxylation sites is 1. The average molecular weight is 533 g/mol. The predicted molar refractivity (Wildman–Crippen MR) is 144 cm³/mol. The zero-order valence-corrected chi connectivity index (χ0v) is 24.8. The molecule has 0 fully saturated rings. The van der Waals surface area contributed by atoms with Gasteiger partial charge in [0.1, 0.15) is 5.69 Å². The molecule has 0 spiro atoms. The number of hydrogen-bond acceptors (Lipinski definition) is 5. The smallest absolute Gasteiger partial charge is 0.172 e. The van der Waals surface area contributed by atoms with Gasteiger partial charge in [0.25, 0.3) is 0 Å². The Balaban J connectivity index is 0. The highest BCUT2D eigenvalue weighted by Gasteiger charge is 2.29. The first kappa shape index (κ1) is 36.7. The van der Waals surface area contributed by atoms with Crippen LogP contribution in [0.1, 0.15) is 68.7 Å². The minimum atomic E-state index is -5.07. The molecule has 0 heterocycles. The van der Waals surface area contributed by atoms with E-state index in [0.29, 0.717) is 0 Å². The first-order chi connectivity index (χ1) is 16.5. The van der Waals surface area contributed by atoms with Crippen molar-refractivity contribution in [1.29, 1.82) is 0 Å². The Morgan fingerprint density at radius 3 is 1.78 bits per heavy atom. The van der Waals surface area contributed by atoms with Crippen molar-refractivity contribution >= 4 is 19.3 Å². The Labute approximate surface area is 219 Å². The van der Waals surface area contributed by atoms with Crippen LogP contribution < -0.4 is 19.2 Å². The Morgan fingerprint density at radius 2 is 1.50 bits per heavy atom. The van der Waals surface area contributed by atoms with Crippen molar-refractivity contribution < 1.29 is 33.0 Å². The molecule has 0 radical (unpaired) electrons. The van der Waals surface area contributed by atoms with E-state index in [4.69, 9.17) is 0 Å². The molecule has 0 unspecified atom stereocenters. The van der Waals surface area contributed by atoms with Crippen molar-refractivity contribution in [2.24, 2.45) is 5.41 Å². The highest BCUT2D eigenvalue weighted by atomic mass is 31.2. The molecule has 0 aromatic heterocycles. The number of halogens is 1. The minimum Gasteiger partial charge on any atom is -0.790 e. The van der Waals surface area contributed by atoms with Crippen LogP contribution in [0.2, 0.25) is 0 Å². The van der Waals surface area contributed by atoms with Crippen LogP contribution in [0.5, 0.6) is 0 Å². The third-order valence-electron chi connectivity index (χ3n) is 6.22. The molecule has 0 bridgehead atoms. The second-order valence-electron chi connectivity index (χ2n) is 9.67. The lowest BCUT2D eigenvalue weighted by Crippen LogP contribution is -3.09. The monoisotopic (exact) mass is 532 g/mol. The number of Topliss-reactive ketones (excluding diaryl/α,β-unsaturated/α-hetero) is 1. The summed E-state index contributed by atoms with van der Waals surface area (Å²) in [5.41, 5.74) is 1.85. The molecule has 1 rings (SSSR count). The molecular weight excluding hydrogens is 482 g/mol. The Morgan fingerprint density at radius 1 is 1.06 bits per heavy atom. The first-order valence-electron chi connectivity index (χ1n) is 12.8. The molecule has 0 saturated carbocycles. The van der Waals surface area contributed by atoms with Gasteiger partial charge in [0.2, 0.25) is 0 Å². The van der Waals surface area contributed by atoms with Gasteiger partial charge < -0.3 is 23.8 Å². The number of quaternary nitrogens is 2. The van der Waals surface area contributed by atoms with Gasteiger partial charge in [-0.3, -0.25) is 9.28 Å². The van der Waals surface area contributed by atoms with Gasteiger partial charge in [-0.05, 0) is 53.3 Å². The number of benzene rings is 1. The van der Waals surface area contributed by atoms with Crippen LogP contribution in [0.3, 0.4) is 0 Å². The van der Waals surface area contributed by atoms with E-state index in [-0.39, 0.29) is 0 Å². The Hall–Kier alpha value is -1.41. The van der Waals surface area contributed by atoms with Crippen molar-refractivity contribution in [3.8, 4) is 0 Å². The lowest BCUT2D eigenvalue weighted by atomic mass is 9.87. The maximum atomic E-state index is 13.1. The fourth-order valence-electron chi connectivity index (χ4n) is 3.69. The SMILES string of the molecule is C=C(C)[NH+](CC)CC.CC(C)(C)C(=O)[C@H](F)CCOP(=O)([O-])[O-].CC[N+](CC)(CC)c1ccccc1. The molecule has 0 aliphatic rings. The standard InChI is InChI=1S/C12H20N.C8H16FO5P.C7H15N/c1-4-13(5-2,6-3)12-10-8-7-9-11-12;1-8(2,3)7(10)6(9)4-5-14-15(11,12)13;1-5-8(6-2)7(3)4/h7-11H,4-6H2,1-3H3;6H,4-5H2,1-3H3,(H2,11,12,13);3,5-6H2,1-2,4H3/q+1;;/p-1/t;6-;/m.1./s1. The number of carbonyl (C=O) groups excluding carboxylic acids is 1. The van der Waals surface area contributed by atoms with Crippen molar-refractivity contribution in [2.75, 3.05) is 39.3 Å². The maximum absolute atomic E-state index is 13.1. The lowest BCUT2D eigenvalue weighted by Gasteiger charge is -2.35. The van der Waals surface area contributed by atoms with E-state index in [1.807, 2.05) is 0 Å². The van der Waals surface area contributed by atoms with Gasteiger partial charge >= 0.3 is 0 Å². The predicted octanol–water partition coefficient (Wildman–Crippen LogP) is 3.67. The number of hydrogen-bond donors (Lipinski definition) is 1. The van der Waals surface area contributed by atoms with Crippen LogP contribution >= 0.6 is 7.82 Å². The molecule has 0 aliphatic carbocycles. The number of carbonyl (C=O) groups is 1. The van der Waals surface area contributed by atoms with Gasteiger partial charge in [-0.2, -0.15) is 0 Å². The summed E-state index contributed by atoms with van der Waals surface area (Å²) in [7, 11) is -5.07. The topological polar surface area (TPSA) is 93.9 Å². The number of rotatable bonds is 12. The van der Waals surface area contributed by atoms with E-state index < -0.39 is 38.2 Å². The third kappa shape index (κ3) is 15.0. The van der Waals surface area contributed by atoms with Gasteiger partial charge in [0.15, 0.2) is 12.0 Å². The summed E-state index contributed by atoms with van der Waals surface area (Å²) >= 11 is 0. The molecule has 1 aromatic carbocycles. The van der Waals surface area contributed by atoms with Crippen LogP contribution in [0.4, 0.5) is 10.1 Å². The summed E-state index contributed by atoms with van der Waals surface area (Å²) in [4.78, 5) is 32.8. The lowest BCUT2D eigenvalue weighted by molar-refractivity contribution is -0.856. The van der Waals surface area contributed by atoms with E-state index in [0.717, 1.165) is 17.6 Å². The van der Waals surface area contributed by atoms with Gasteiger partial charge in [-0.25, -0.2) is 4.39 Å². The zero-order chi connectivity index (χ0) is 28.6. The van der Waals surface area contributed by atoms with E-state index in [9.17, 15) is 23.5 Å². The van der Waals surface area contributed by atoms with Gasteiger partial charge in [0.05, 0.1) is 52.9 Å². The summed E-state index contributed by atoms with van der Waals surface area (Å²) in [6.45, 7) is 27.0. The number of nitrogens with one attached hydrogen (secondary N) is 1. The fraction of sp³-hybridized carbons (Fsp3) is 0.667. The van der Waals surface area contributed by atoms with Crippen LogP contribution in [0.25, 0.3) is 0 Å². The third-order valence-corrected chi connectivity index (χ3v) is 6.72. The number of ketones is 1. The Bertz CT molecular complexity index is 777. The normalized spacial score (nSPS) is 12.7. The highest BCUT2D eigenvalue weighted by Crippen LogP contribution is 2.26. The van der Waals surface area contributed by atoms with Gasteiger partial charge in [-0.1, -0.05) is 39.0 Å². The van der Waals surface area contributed by atoms with Crippen molar-refractivity contribution in [3.05, 3.63) is 42.6 Å². The van der Waals surface area contributed by atoms with Crippen molar-refractivity contribution in [3.63, 3.8) is 0 Å². The van der Waals surface area contributed by atoms with E-state index in [1.165, 1.54) is 35.9 Å². The molecule has 36 heavy (non-hydrogen) atoms. The average Bonchev–Trinajstić information content (AvgIpc) is 2.81. The molecule has 1 N–H and O–H groups in total. The van der Waals surface area contributed by atoms with Gasteiger partial charge in [0, 0.05) is 18.8 Å². The summed E-state index contributed by atoms with van der Waals surface area (Å²) < 4.78 is 28.1. The zero-order valence-electron chi connectivity index (χ0n) is 23.9. The van der Waals surface area contributed by atoms with E-state index >= 15 is 0 Å².